The van der Waals surface area contributed by atoms with E-state index in [-0.39, 0.29) is 6.04 Å². The Bertz CT molecular complexity index is 234. The van der Waals surface area contributed by atoms with Crippen molar-refractivity contribution in [2.75, 3.05) is 0 Å². The summed E-state index contributed by atoms with van der Waals surface area (Å²) in [7, 11) is 0. The predicted molar refractivity (Wildman–Crippen MR) is 52.9 cm³/mol. The molecule has 0 fully saturated rings. The highest BCUT2D eigenvalue weighted by molar-refractivity contribution is 9.10. The van der Waals surface area contributed by atoms with Crippen LogP contribution in [0, 0.1) is 0 Å². The summed E-state index contributed by atoms with van der Waals surface area (Å²) < 4.78 is 6.09. The molecule has 0 unspecified atom stereocenters. The van der Waals surface area contributed by atoms with Crippen molar-refractivity contribution in [3.05, 3.63) is 22.6 Å². The van der Waals surface area contributed by atoms with Gasteiger partial charge in [-0.05, 0) is 34.5 Å². The summed E-state index contributed by atoms with van der Waals surface area (Å²) in [5, 5.41) is 0. The number of hydrogen-bond donors (Lipinski definition) is 1. The van der Waals surface area contributed by atoms with Gasteiger partial charge in [0.1, 0.15) is 5.76 Å². The van der Waals surface area contributed by atoms with E-state index in [2.05, 4.69) is 22.9 Å². The van der Waals surface area contributed by atoms with E-state index >= 15 is 0 Å². The summed E-state index contributed by atoms with van der Waals surface area (Å²) in [5.74, 6) is 0.871. The summed E-state index contributed by atoms with van der Waals surface area (Å²) in [5.41, 5.74) is 5.88. The van der Waals surface area contributed by atoms with Crippen LogP contribution >= 0.6 is 15.9 Å². The first-order chi connectivity index (χ1) is 5.74. The van der Waals surface area contributed by atoms with Crippen LogP contribution in [0.15, 0.2) is 21.2 Å². The highest BCUT2D eigenvalue weighted by Crippen LogP contribution is 2.22. The highest BCUT2D eigenvalue weighted by atomic mass is 79.9. The van der Waals surface area contributed by atoms with Crippen LogP contribution < -0.4 is 5.73 Å². The lowest BCUT2D eigenvalue weighted by Crippen LogP contribution is -2.08. The molecule has 1 heterocycles. The number of furan rings is 1. The third kappa shape index (κ3) is 2.64. The van der Waals surface area contributed by atoms with Crippen molar-refractivity contribution >= 4 is 15.9 Å². The van der Waals surface area contributed by atoms with Gasteiger partial charge in [0.15, 0.2) is 4.67 Å². The fourth-order valence-corrected chi connectivity index (χ4v) is 1.41. The average Bonchev–Trinajstić information content (AvgIpc) is 2.47. The zero-order chi connectivity index (χ0) is 8.97. The third-order valence-electron chi connectivity index (χ3n) is 1.83. The van der Waals surface area contributed by atoms with Gasteiger partial charge in [-0.15, -0.1) is 0 Å². The van der Waals surface area contributed by atoms with Crippen LogP contribution in [0.4, 0.5) is 0 Å². The number of nitrogens with two attached hydrogens (primary N) is 1. The van der Waals surface area contributed by atoms with E-state index in [1.165, 1.54) is 6.42 Å². The molecular formula is C9H14BrNO. The van der Waals surface area contributed by atoms with Crippen LogP contribution in [-0.2, 0) is 0 Å². The third-order valence-corrected chi connectivity index (χ3v) is 2.25. The van der Waals surface area contributed by atoms with Crippen molar-refractivity contribution in [3.63, 3.8) is 0 Å². The van der Waals surface area contributed by atoms with E-state index < -0.39 is 0 Å². The monoisotopic (exact) mass is 231 g/mol. The molecule has 0 saturated carbocycles. The molecule has 0 aromatic carbocycles. The minimum atomic E-state index is 0.0521. The van der Waals surface area contributed by atoms with E-state index in [1.54, 1.807) is 0 Å². The molecule has 1 atom stereocenters. The summed E-state index contributed by atoms with van der Waals surface area (Å²) in [6.07, 6.45) is 3.32. The lowest BCUT2D eigenvalue weighted by Gasteiger charge is -2.06. The van der Waals surface area contributed by atoms with E-state index in [1.807, 2.05) is 12.1 Å². The predicted octanol–water partition coefficient (Wildman–Crippen LogP) is 3.23. The Kier molecular flexibility index (Phi) is 3.82. The Labute approximate surface area is 81.3 Å². The zero-order valence-corrected chi connectivity index (χ0v) is 8.80. The largest absolute Gasteiger partial charge is 0.453 e. The van der Waals surface area contributed by atoms with Gasteiger partial charge in [-0.25, -0.2) is 0 Å². The van der Waals surface area contributed by atoms with E-state index in [9.17, 15) is 0 Å². The van der Waals surface area contributed by atoms with Crippen molar-refractivity contribution in [1.82, 2.24) is 0 Å². The second-order valence-corrected chi connectivity index (χ2v) is 3.67. The molecule has 1 rings (SSSR count). The molecule has 0 amide bonds. The summed E-state index contributed by atoms with van der Waals surface area (Å²) in [6.45, 7) is 2.16. The van der Waals surface area contributed by atoms with Crippen LogP contribution in [0.2, 0.25) is 0 Å². The molecule has 0 saturated heterocycles. The zero-order valence-electron chi connectivity index (χ0n) is 7.22. The van der Waals surface area contributed by atoms with Crippen molar-refractivity contribution in [2.45, 2.75) is 32.2 Å². The molecule has 0 aliphatic carbocycles. The molecule has 2 nitrogen and oxygen atoms in total. The Morgan fingerprint density at radius 2 is 2.33 bits per heavy atom. The lowest BCUT2D eigenvalue weighted by molar-refractivity contribution is 0.431. The minimum Gasteiger partial charge on any atom is -0.453 e. The van der Waals surface area contributed by atoms with Gasteiger partial charge in [0.25, 0.3) is 0 Å². The van der Waals surface area contributed by atoms with Gasteiger partial charge in [0.05, 0.1) is 6.04 Å². The van der Waals surface area contributed by atoms with Gasteiger partial charge in [-0.3, -0.25) is 0 Å². The topological polar surface area (TPSA) is 39.2 Å². The quantitative estimate of drug-likeness (QED) is 0.865. The maximum atomic E-state index is 5.88. The Balaban J connectivity index is 2.47. The van der Waals surface area contributed by atoms with Crippen LogP contribution in [0.3, 0.4) is 0 Å². The highest BCUT2D eigenvalue weighted by Gasteiger charge is 2.08. The smallest absolute Gasteiger partial charge is 0.169 e. The van der Waals surface area contributed by atoms with Gasteiger partial charge in [0.2, 0.25) is 0 Å². The first-order valence-corrected chi connectivity index (χ1v) is 5.04. The molecule has 0 radical (unpaired) electrons. The van der Waals surface area contributed by atoms with Crippen molar-refractivity contribution in [1.29, 1.82) is 0 Å². The van der Waals surface area contributed by atoms with Crippen molar-refractivity contribution in [3.8, 4) is 0 Å². The molecule has 0 aliphatic heterocycles. The average molecular weight is 232 g/mol. The maximum Gasteiger partial charge on any atom is 0.169 e. The molecule has 1 aromatic rings. The van der Waals surface area contributed by atoms with Crippen LogP contribution in [0.5, 0.6) is 0 Å². The summed E-state index contributed by atoms with van der Waals surface area (Å²) in [6, 6.07) is 3.85. The minimum absolute atomic E-state index is 0.0521. The summed E-state index contributed by atoms with van der Waals surface area (Å²) >= 11 is 3.25. The summed E-state index contributed by atoms with van der Waals surface area (Å²) in [4.78, 5) is 0. The van der Waals surface area contributed by atoms with E-state index in [0.717, 1.165) is 23.3 Å². The fourth-order valence-electron chi connectivity index (χ4n) is 1.09. The van der Waals surface area contributed by atoms with E-state index in [0.29, 0.717) is 0 Å². The van der Waals surface area contributed by atoms with Gasteiger partial charge >= 0.3 is 0 Å². The number of unbranched alkanes of at least 4 members (excludes halogenated alkanes) is 1. The molecular weight excluding hydrogens is 218 g/mol. The Morgan fingerprint density at radius 1 is 1.58 bits per heavy atom. The molecule has 2 N–H and O–H groups in total. The normalized spacial score (nSPS) is 13.2. The Hall–Kier alpha value is -0.280. The Morgan fingerprint density at radius 3 is 2.83 bits per heavy atom. The molecule has 0 bridgehead atoms. The molecule has 0 aliphatic rings. The number of hydrogen-bond acceptors (Lipinski definition) is 2. The van der Waals surface area contributed by atoms with Gasteiger partial charge in [-0.2, -0.15) is 0 Å². The van der Waals surface area contributed by atoms with E-state index in [4.69, 9.17) is 10.2 Å². The fraction of sp³-hybridized carbons (Fsp3) is 0.556. The molecule has 3 heteroatoms. The van der Waals surface area contributed by atoms with Crippen LogP contribution in [0.25, 0.3) is 0 Å². The maximum absolute atomic E-state index is 5.88. The second-order valence-electron chi connectivity index (χ2n) is 2.89. The SMILES string of the molecule is CCCC[C@H](N)c1ccc(Br)o1. The van der Waals surface area contributed by atoms with Crippen LogP contribution in [-0.4, -0.2) is 0 Å². The molecule has 1 aromatic heterocycles. The van der Waals surface area contributed by atoms with Crippen molar-refractivity contribution < 1.29 is 4.42 Å². The van der Waals surface area contributed by atoms with Crippen molar-refractivity contribution in [2.24, 2.45) is 5.73 Å². The van der Waals surface area contributed by atoms with Gasteiger partial charge < -0.3 is 10.2 Å². The first kappa shape index (κ1) is 9.81. The molecule has 0 spiro atoms. The second kappa shape index (κ2) is 4.67. The standard InChI is InChI=1S/C9H14BrNO/c1-2-3-4-7(11)8-5-6-9(10)12-8/h5-7H,2-4,11H2,1H3/t7-/m0/s1. The van der Waals surface area contributed by atoms with Crippen LogP contribution in [0.1, 0.15) is 38.0 Å². The number of rotatable bonds is 4. The number of halogens is 1. The first-order valence-electron chi connectivity index (χ1n) is 4.25. The molecule has 68 valence electrons. The van der Waals surface area contributed by atoms with Gasteiger partial charge in [-0.1, -0.05) is 19.8 Å². The van der Waals surface area contributed by atoms with Gasteiger partial charge in [0, 0.05) is 0 Å². The lowest BCUT2D eigenvalue weighted by atomic mass is 10.1. The molecule has 12 heavy (non-hydrogen) atoms.